The van der Waals surface area contributed by atoms with Gasteiger partial charge in [0, 0.05) is 11.5 Å². The fourth-order valence-electron chi connectivity index (χ4n) is 1.34. The number of alkyl halides is 3. The number of carbonyl (C=O) groups excluding carboxylic acids is 1. The van der Waals surface area contributed by atoms with E-state index in [1.54, 1.807) is 10.8 Å². The van der Waals surface area contributed by atoms with Crippen LogP contribution in [-0.4, -0.2) is 27.1 Å². The van der Waals surface area contributed by atoms with Crippen molar-refractivity contribution in [3.8, 4) is 23.6 Å². The first-order chi connectivity index (χ1) is 11.3. The van der Waals surface area contributed by atoms with E-state index >= 15 is 0 Å². The summed E-state index contributed by atoms with van der Waals surface area (Å²) in [6, 6.07) is 9.21. The minimum atomic E-state index is -5.19. The number of carbonyl (C=O) groups is 1. The van der Waals surface area contributed by atoms with Crippen LogP contribution in [0, 0.1) is 23.2 Å². The summed E-state index contributed by atoms with van der Waals surface area (Å²) in [6.07, 6.45) is -3.36. The molecule has 0 aliphatic heterocycles. The number of nitrogens with zero attached hydrogens (tertiary/aromatic N) is 4. The Morgan fingerprint density at radius 3 is 2.33 bits per heavy atom. The fraction of sp³-hybridized carbons (Fsp3) is 0.143. The Kier molecular flexibility index (Phi) is 6.47. The molecule has 1 aromatic heterocycles. The Morgan fingerprint density at radius 1 is 1.33 bits per heavy atom. The molecule has 0 aliphatic carbocycles. The molecule has 0 spiro atoms. The number of aromatic nitrogens is 3. The quantitative estimate of drug-likeness (QED) is 0.718. The second-order valence-electron chi connectivity index (χ2n) is 4.10. The SMILES string of the molecule is N#CC#Cc1ccc(-n2cc(C[NH3+])nn2)cc1.O=C([O-])C(F)(F)F. The van der Waals surface area contributed by atoms with Crippen LogP contribution in [0.4, 0.5) is 13.2 Å². The highest BCUT2D eigenvalue weighted by Crippen LogP contribution is 2.11. The van der Waals surface area contributed by atoms with E-state index in [1.165, 1.54) is 0 Å². The van der Waals surface area contributed by atoms with Crippen molar-refractivity contribution in [1.82, 2.24) is 15.0 Å². The number of nitriles is 1. The van der Waals surface area contributed by atoms with Crippen molar-refractivity contribution in [1.29, 1.82) is 5.26 Å². The van der Waals surface area contributed by atoms with Crippen LogP contribution in [0.3, 0.4) is 0 Å². The van der Waals surface area contributed by atoms with Crippen molar-refractivity contribution >= 4 is 5.97 Å². The monoisotopic (exact) mass is 337 g/mol. The molecule has 124 valence electrons. The molecule has 0 amide bonds. The van der Waals surface area contributed by atoms with Gasteiger partial charge in [-0.25, -0.2) is 4.68 Å². The van der Waals surface area contributed by atoms with Crippen LogP contribution < -0.4 is 10.8 Å². The molecule has 10 heteroatoms. The van der Waals surface area contributed by atoms with Crippen molar-refractivity contribution in [3.05, 3.63) is 41.7 Å². The lowest BCUT2D eigenvalue weighted by molar-refractivity contribution is -0.387. The summed E-state index contributed by atoms with van der Waals surface area (Å²) in [5.74, 6) is 2.07. The minimum Gasteiger partial charge on any atom is -0.542 e. The predicted octanol–water partition coefficient (Wildman–Crippen LogP) is -0.817. The van der Waals surface area contributed by atoms with E-state index in [9.17, 15) is 13.2 Å². The molecule has 0 fully saturated rings. The number of quaternary nitrogens is 1. The van der Waals surface area contributed by atoms with E-state index in [1.807, 2.05) is 30.5 Å². The van der Waals surface area contributed by atoms with E-state index in [0.29, 0.717) is 6.54 Å². The molecule has 0 saturated heterocycles. The summed E-state index contributed by atoms with van der Waals surface area (Å²) in [7, 11) is 0. The van der Waals surface area contributed by atoms with Crippen molar-refractivity contribution in [2.45, 2.75) is 12.7 Å². The molecule has 2 aromatic rings. The predicted molar refractivity (Wildman–Crippen MR) is 71.5 cm³/mol. The first-order valence-electron chi connectivity index (χ1n) is 6.27. The highest BCUT2D eigenvalue weighted by Gasteiger charge is 2.28. The van der Waals surface area contributed by atoms with Gasteiger partial charge >= 0.3 is 6.18 Å². The smallest absolute Gasteiger partial charge is 0.430 e. The first-order valence-corrected chi connectivity index (χ1v) is 6.27. The number of benzene rings is 1. The molecule has 0 radical (unpaired) electrons. The first kappa shape index (κ1) is 18.7. The van der Waals surface area contributed by atoms with Gasteiger partial charge in [-0.1, -0.05) is 11.1 Å². The maximum absolute atomic E-state index is 10.5. The molecule has 1 heterocycles. The van der Waals surface area contributed by atoms with Gasteiger partial charge in [0.1, 0.15) is 18.2 Å². The lowest BCUT2D eigenvalue weighted by Gasteiger charge is -2.03. The van der Waals surface area contributed by atoms with E-state index in [2.05, 4.69) is 27.9 Å². The van der Waals surface area contributed by atoms with Gasteiger partial charge in [-0.2, -0.15) is 18.4 Å². The third-order valence-electron chi connectivity index (χ3n) is 2.42. The summed E-state index contributed by atoms with van der Waals surface area (Å²) in [4.78, 5) is 8.78. The molecule has 2 rings (SSSR count). The molecular formula is C14H10F3N5O2. The molecule has 0 aliphatic rings. The van der Waals surface area contributed by atoms with Crippen LogP contribution >= 0.6 is 0 Å². The number of carboxylic acid groups (broad SMARTS) is 1. The van der Waals surface area contributed by atoms with Gasteiger partial charge in [0.05, 0.1) is 11.9 Å². The van der Waals surface area contributed by atoms with E-state index in [4.69, 9.17) is 15.2 Å². The normalized spacial score (nSPS) is 9.79. The fourth-order valence-corrected chi connectivity index (χ4v) is 1.34. The Morgan fingerprint density at radius 2 is 1.92 bits per heavy atom. The molecule has 0 bridgehead atoms. The third kappa shape index (κ3) is 5.79. The van der Waals surface area contributed by atoms with Gasteiger partial charge in [-0.15, -0.1) is 5.10 Å². The lowest BCUT2D eigenvalue weighted by atomic mass is 10.2. The van der Waals surface area contributed by atoms with Gasteiger partial charge in [0.25, 0.3) is 0 Å². The molecule has 1 aromatic carbocycles. The second kappa shape index (κ2) is 8.31. The van der Waals surface area contributed by atoms with Crippen LogP contribution in [-0.2, 0) is 11.3 Å². The van der Waals surface area contributed by atoms with Crippen LogP contribution in [0.15, 0.2) is 30.5 Å². The highest BCUT2D eigenvalue weighted by molar-refractivity contribution is 5.70. The van der Waals surface area contributed by atoms with E-state index < -0.39 is 12.1 Å². The molecule has 7 nitrogen and oxygen atoms in total. The van der Waals surface area contributed by atoms with Gasteiger partial charge in [-0.05, 0) is 24.3 Å². The molecular weight excluding hydrogens is 327 g/mol. The average molecular weight is 337 g/mol. The summed E-state index contributed by atoms with van der Waals surface area (Å²) < 4.78 is 33.2. The Balaban J connectivity index is 0.000000351. The van der Waals surface area contributed by atoms with E-state index in [-0.39, 0.29) is 0 Å². The summed E-state index contributed by atoms with van der Waals surface area (Å²) in [5, 5.41) is 25.1. The maximum Gasteiger partial charge on any atom is 0.430 e. The molecule has 0 unspecified atom stereocenters. The minimum absolute atomic E-state index is 0.617. The standard InChI is InChI=1S/C12H9N5.C2HF3O2/c13-7-1-2-10-3-5-12(6-4-10)17-9-11(8-14)15-16-17;3-2(4,5)1(6)7/h3-6,9H,8,14H2;(H,6,7). The third-order valence-corrected chi connectivity index (χ3v) is 2.42. The Hall–Kier alpha value is -3.37. The number of halogens is 3. The topological polar surface area (TPSA) is 122 Å². The molecule has 24 heavy (non-hydrogen) atoms. The number of rotatable bonds is 2. The zero-order chi connectivity index (χ0) is 18.2. The Labute approximate surface area is 134 Å². The molecule has 0 saturated carbocycles. The highest BCUT2D eigenvalue weighted by atomic mass is 19.4. The van der Waals surface area contributed by atoms with Crippen LogP contribution in [0.2, 0.25) is 0 Å². The zero-order valence-corrected chi connectivity index (χ0v) is 12.0. The zero-order valence-electron chi connectivity index (χ0n) is 12.0. The number of aliphatic carboxylic acids is 1. The van der Waals surface area contributed by atoms with Crippen LogP contribution in [0.5, 0.6) is 0 Å². The second-order valence-corrected chi connectivity index (χ2v) is 4.10. The summed E-state index contributed by atoms with van der Waals surface area (Å²) in [6.45, 7) is 0.617. The molecule has 3 N–H and O–H groups in total. The largest absolute Gasteiger partial charge is 0.542 e. The van der Waals surface area contributed by atoms with Gasteiger partial charge in [0.2, 0.25) is 0 Å². The number of hydrogen-bond donors (Lipinski definition) is 1. The van der Waals surface area contributed by atoms with Gasteiger partial charge < -0.3 is 15.6 Å². The van der Waals surface area contributed by atoms with Crippen molar-refractivity contribution in [2.75, 3.05) is 0 Å². The van der Waals surface area contributed by atoms with Crippen LogP contribution in [0.25, 0.3) is 5.69 Å². The van der Waals surface area contributed by atoms with Crippen molar-refractivity contribution in [3.63, 3.8) is 0 Å². The molecule has 0 atom stereocenters. The van der Waals surface area contributed by atoms with Crippen molar-refractivity contribution < 1.29 is 28.8 Å². The summed E-state index contributed by atoms with van der Waals surface area (Å²) in [5.41, 5.74) is 6.29. The van der Waals surface area contributed by atoms with Crippen LogP contribution in [0.1, 0.15) is 11.3 Å². The average Bonchev–Trinajstić information content (AvgIpc) is 3.02. The number of hydrogen-bond acceptors (Lipinski definition) is 5. The Bertz CT molecular complexity index is 795. The lowest BCUT2D eigenvalue weighted by Crippen LogP contribution is -2.47. The summed E-state index contributed by atoms with van der Waals surface area (Å²) >= 11 is 0. The van der Waals surface area contributed by atoms with Gasteiger partial charge in [-0.3, -0.25) is 0 Å². The maximum atomic E-state index is 10.5. The van der Waals surface area contributed by atoms with Crippen molar-refractivity contribution in [2.24, 2.45) is 0 Å². The van der Waals surface area contributed by atoms with Gasteiger partial charge in [0.15, 0.2) is 6.07 Å². The van der Waals surface area contributed by atoms with E-state index in [0.717, 1.165) is 16.9 Å². The number of carboxylic acids is 1.